The van der Waals surface area contributed by atoms with Crippen molar-refractivity contribution in [1.82, 2.24) is 24.7 Å². The minimum Gasteiger partial charge on any atom is -0.302 e. The molecule has 0 aliphatic rings. The molecule has 8 heteroatoms. The predicted octanol–water partition coefficient (Wildman–Crippen LogP) is 4.58. The second-order valence-corrected chi connectivity index (χ2v) is 7.10. The number of aromatic nitrogens is 5. The molecule has 0 bridgehead atoms. The summed E-state index contributed by atoms with van der Waals surface area (Å²) in [5.41, 5.74) is 2.15. The van der Waals surface area contributed by atoms with Crippen LogP contribution in [0.2, 0.25) is 5.02 Å². The number of rotatable bonds is 4. The number of benzene rings is 1. The maximum absolute atomic E-state index is 9.50. The third kappa shape index (κ3) is 3.37. The van der Waals surface area contributed by atoms with Crippen LogP contribution in [0, 0.1) is 11.3 Å². The molecule has 0 saturated carbocycles. The number of hydrogen-bond acceptors (Lipinski definition) is 6. The van der Waals surface area contributed by atoms with Gasteiger partial charge >= 0.3 is 0 Å². The normalized spacial score (nSPS) is 10.9. The first-order chi connectivity index (χ1) is 13.2. The van der Waals surface area contributed by atoms with Gasteiger partial charge in [-0.3, -0.25) is 4.98 Å². The minimum absolute atomic E-state index is 0.528. The SMILES string of the molecule is CCn1c(Sc2cc(C#N)c3cc(Cl)ccc3n2)nnc1-c1cccnc1. The van der Waals surface area contributed by atoms with Gasteiger partial charge in [0.25, 0.3) is 0 Å². The van der Waals surface area contributed by atoms with Gasteiger partial charge in [0, 0.05) is 34.9 Å². The van der Waals surface area contributed by atoms with Crippen molar-refractivity contribution < 1.29 is 0 Å². The van der Waals surface area contributed by atoms with Crippen molar-refractivity contribution in [2.45, 2.75) is 23.7 Å². The van der Waals surface area contributed by atoms with E-state index in [9.17, 15) is 5.26 Å². The van der Waals surface area contributed by atoms with Gasteiger partial charge in [-0.1, -0.05) is 11.6 Å². The highest BCUT2D eigenvalue weighted by molar-refractivity contribution is 7.99. The fourth-order valence-electron chi connectivity index (χ4n) is 2.77. The second-order valence-electron chi connectivity index (χ2n) is 5.68. The average Bonchev–Trinajstić information content (AvgIpc) is 3.10. The first kappa shape index (κ1) is 17.5. The van der Waals surface area contributed by atoms with E-state index >= 15 is 0 Å². The Balaban J connectivity index is 1.76. The van der Waals surface area contributed by atoms with Crippen molar-refractivity contribution in [1.29, 1.82) is 5.26 Å². The Morgan fingerprint density at radius 2 is 2.11 bits per heavy atom. The molecule has 1 aromatic carbocycles. The molecule has 6 nitrogen and oxygen atoms in total. The summed E-state index contributed by atoms with van der Waals surface area (Å²) < 4.78 is 2.00. The Hall–Kier alpha value is -2.95. The first-order valence-corrected chi connectivity index (χ1v) is 9.41. The summed E-state index contributed by atoms with van der Waals surface area (Å²) in [6.07, 6.45) is 3.48. The minimum atomic E-state index is 0.528. The molecule has 3 aromatic heterocycles. The number of fused-ring (bicyclic) bond motifs is 1. The van der Waals surface area contributed by atoms with Crippen molar-refractivity contribution in [3.8, 4) is 17.5 Å². The van der Waals surface area contributed by atoms with Crippen molar-refractivity contribution >= 4 is 34.3 Å². The van der Waals surface area contributed by atoms with Crippen LogP contribution in [0.25, 0.3) is 22.3 Å². The molecule has 0 aliphatic heterocycles. The molecule has 4 aromatic rings. The average molecular weight is 393 g/mol. The Labute approximate surface area is 164 Å². The van der Waals surface area contributed by atoms with Crippen LogP contribution >= 0.6 is 23.4 Å². The summed E-state index contributed by atoms with van der Waals surface area (Å²) in [6.45, 7) is 2.73. The summed E-state index contributed by atoms with van der Waals surface area (Å²) in [5, 5.41) is 20.8. The molecule has 4 rings (SSSR count). The molecule has 0 unspecified atom stereocenters. The Bertz CT molecular complexity index is 1170. The third-order valence-corrected chi connectivity index (χ3v) is 5.15. The van der Waals surface area contributed by atoms with E-state index in [1.807, 2.05) is 29.7 Å². The van der Waals surface area contributed by atoms with Crippen LogP contribution in [0.3, 0.4) is 0 Å². The molecule has 0 amide bonds. The molecule has 132 valence electrons. The number of hydrogen-bond donors (Lipinski definition) is 0. The zero-order valence-corrected chi connectivity index (χ0v) is 15.9. The van der Waals surface area contributed by atoms with Crippen LogP contribution < -0.4 is 0 Å². The van der Waals surface area contributed by atoms with Crippen molar-refractivity contribution in [2.75, 3.05) is 0 Å². The maximum atomic E-state index is 9.50. The molecule has 0 N–H and O–H groups in total. The third-order valence-electron chi connectivity index (χ3n) is 4.02. The van der Waals surface area contributed by atoms with E-state index in [1.54, 1.807) is 30.6 Å². The lowest BCUT2D eigenvalue weighted by molar-refractivity contribution is 0.686. The van der Waals surface area contributed by atoms with E-state index in [4.69, 9.17) is 11.6 Å². The zero-order chi connectivity index (χ0) is 18.8. The highest BCUT2D eigenvalue weighted by atomic mass is 35.5. The summed E-state index contributed by atoms with van der Waals surface area (Å²) in [7, 11) is 0. The first-order valence-electron chi connectivity index (χ1n) is 8.21. The highest BCUT2D eigenvalue weighted by Gasteiger charge is 2.16. The van der Waals surface area contributed by atoms with Gasteiger partial charge in [-0.05, 0) is 55.1 Å². The number of halogens is 1. The van der Waals surface area contributed by atoms with E-state index < -0.39 is 0 Å². The van der Waals surface area contributed by atoms with Gasteiger partial charge in [-0.15, -0.1) is 10.2 Å². The van der Waals surface area contributed by atoms with Gasteiger partial charge in [-0.25, -0.2) is 4.98 Å². The van der Waals surface area contributed by atoms with E-state index in [2.05, 4.69) is 26.2 Å². The maximum Gasteiger partial charge on any atom is 0.197 e. The van der Waals surface area contributed by atoms with Gasteiger partial charge in [0.2, 0.25) is 0 Å². The molecular formula is C19H13ClN6S. The molecule has 27 heavy (non-hydrogen) atoms. The predicted molar refractivity (Wildman–Crippen MR) is 105 cm³/mol. The van der Waals surface area contributed by atoms with Gasteiger partial charge in [0.1, 0.15) is 5.03 Å². The van der Waals surface area contributed by atoms with Gasteiger partial charge in [0.05, 0.1) is 17.1 Å². The highest BCUT2D eigenvalue weighted by Crippen LogP contribution is 2.31. The summed E-state index contributed by atoms with van der Waals surface area (Å²) in [4.78, 5) is 8.78. The fraction of sp³-hybridized carbons (Fsp3) is 0.105. The standard InChI is InChI=1S/C19H13ClN6S/c1-2-26-18(12-4-3-7-22-11-12)24-25-19(26)27-17-8-13(10-21)15-9-14(20)5-6-16(15)23-17/h3-9,11H,2H2,1H3. The van der Waals surface area contributed by atoms with Crippen LogP contribution in [0.1, 0.15) is 12.5 Å². The lowest BCUT2D eigenvalue weighted by Gasteiger charge is -2.08. The summed E-state index contributed by atoms with van der Waals surface area (Å²) >= 11 is 7.43. The quantitative estimate of drug-likeness (QED) is 0.505. The van der Waals surface area contributed by atoms with Gasteiger partial charge in [0.15, 0.2) is 11.0 Å². The largest absolute Gasteiger partial charge is 0.302 e. The Kier molecular flexibility index (Phi) is 4.75. The summed E-state index contributed by atoms with van der Waals surface area (Å²) in [5.74, 6) is 0.751. The molecule has 0 saturated heterocycles. The smallest absolute Gasteiger partial charge is 0.197 e. The lowest BCUT2D eigenvalue weighted by atomic mass is 10.1. The van der Waals surface area contributed by atoms with E-state index in [-0.39, 0.29) is 0 Å². The monoisotopic (exact) mass is 392 g/mol. The number of nitriles is 1. The van der Waals surface area contributed by atoms with E-state index in [1.165, 1.54) is 11.8 Å². The second kappa shape index (κ2) is 7.35. The van der Waals surface area contributed by atoms with Crippen molar-refractivity contribution in [3.05, 3.63) is 59.4 Å². The van der Waals surface area contributed by atoms with Crippen LogP contribution in [-0.4, -0.2) is 24.7 Å². The molecule has 0 atom stereocenters. The molecule has 0 fully saturated rings. The Morgan fingerprint density at radius 3 is 2.85 bits per heavy atom. The fourth-order valence-corrected chi connectivity index (χ4v) is 3.86. The van der Waals surface area contributed by atoms with Crippen LogP contribution in [-0.2, 0) is 6.54 Å². The molecule has 0 radical (unpaired) electrons. The molecular weight excluding hydrogens is 380 g/mol. The van der Waals surface area contributed by atoms with E-state index in [0.717, 1.165) is 22.3 Å². The Morgan fingerprint density at radius 1 is 1.22 bits per heavy atom. The van der Waals surface area contributed by atoms with Crippen molar-refractivity contribution in [2.24, 2.45) is 0 Å². The lowest BCUT2D eigenvalue weighted by Crippen LogP contribution is -2.00. The van der Waals surface area contributed by atoms with Crippen LogP contribution in [0.5, 0.6) is 0 Å². The molecule has 3 heterocycles. The zero-order valence-electron chi connectivity index (χ0n) is 14.3. The van der Waals surface area contributed by atoms with Gasteiger partial charge < -0.3 is 4.57 Å². The molecule has 0 aliphatic carbocycles. The van der Waals surface area contributed by atoms with E-state index in [0.29, 0.717) is 27.3 Å². The van der Waals surface area contributed by atoms with Crippen molar-refractivity contribution in [3.63, 3.8) is 0 Å². The number of pyridine rings is 2. The van der Waals surface area contributed by atoms with Gasteiger partial charge in [-0.2, -0.15) is 5.26 Å². The van der Waals surface area contributed by atoms with Crippen LogP contribution in [0.4, 0.5) is 0 Å². The summed E-state index contributed by atoms with van der Waals surface area (Å²) in [6, 6.07) is 13.1. The molecule has 0 spiro atoms. The number of nitrogens with zero attached hydrogens (tertiary/aromatic N) is 6. The van der Waals surface area contributed by atoms with Crippen LogP contribution in [0.15, 0.2) is 59.0 Å². The topological polar surface area (TPSA) is 80.3 Å².